The van der Waals surface area contributed by atoms with E-state index in [1.807, 2.05) is 30.3 Å². The molecule has 6 nitrogen and oxygen atoms in total. The van der Waals surface area contributed by atoms with Gasteiger partial charge in [0.1, 0.15) is 11.2 Å². The number of anilines is 1. The Bertz CT molecular complexity index is 933. The van der Waals surface area contributed by atoms with Gasteiger partial charge in [-0.05, 0) is 6.07 Å². The molecule has 0 atom stereocenters. The second-order valence-electron chi connectivity index (χ2n) is 4.60. The van der Waals surface area contributed by atoms with Gasteiger partial charge in [0.25, 0.3) is 10.0 Å². The molecular weight excluding hydrogens is 336 g/mol. The van der Waals surface area contributed by atoms with Gasteiger partial charge < -0.3 is 0 Å². The van der Waals surface area contributed by atoms with Crippen molar-refractivity contribution >= 4 is 27.3 Å². The van der Waals surface area contributed by atoms with Gasteiger partial charge in [-0.25, -0.2) is 18.4 Å². The SMILES string of the molecule is O=S(=O)(Nc1cncnc1-c1ccccc1)c1cncc(Cl)c1. The van der Waals surface area contributed by atoms with Gasteiger partial charge in [-0.1, -0.05) is 41.9 Å². The predicted molar refractivity (Wildman–Crippen MR) is 87.5 cm³/mol. The third-order valence-electron chi connectivity index (χ3n) is 2.99. The normalized spacial score (nSPS) is 11.2. The zero-order valence-electron chi connectivity index (χ0n) is 11.7. The summed E-state index contributed by atoms with van der Waals surface area (Å²) in [5, 5.41) is 0.237. The van der Waals surface area contributed by atoms with E-state index in [1.165, 1.54) is 31.0 Å². The Labute approximate surface area is 138 Å². The van der Waals surface area contributed by atoms with Crippen LogP contribution in [0.2, 0.25) is 5.02 Å². The standard InChI is InChI=1S/C15H11ClN4O2S/c16-12-6-13(8-17-7-12)23(21,22)20-14-9-18-10-19-15(14)11-4-2-1-3-5-11/h1-10,20H. The van der Waals surface area contributed by atoms with Crippen molar-refractivity contribution < 1.29 is 8.42 Å². The zero-order valence-corrected chi connectivity index (χ0v) is 13.3. The number of hydrogen-bond donors (Lipinski definition) is 1. The fraction of sp³-hybridized carbons (Fsp3) is 0. The molecule has 0 unspecified atom stereocenters. The summed E-state index contributed by atoms with van der Waals surface area (Å²) >= 11 is 5.80. The lowest BCUT2D eigenvalue weighted by molar-refractivity contribution is 0.601. The van der Waals surface area contributed by atoms with Crippen molar-refractivity contribution in [2.45, 2.75) is 4.90 Å². The Hall–Kier alpha value is -2.51. The molecule has 0 amide bonds. The number of sulfonamides is 1. The van der Waals surface area contributed by atoms with E-state index in [2.05, 4.69) is 19.7 Å². The third kappa shape index (κ3) is 3.46. The molecule has 116 valence electrons. The Morgan fingerprint density at radius 2 is 1.78 bits per heavy atom. The Morgan fingerprint density at radius 1 is 1.00 bits per heavy atom. The third-order valence-corrected chi connectivity index (χ3v) is 4.53. The molecule has 0 saturated carbocycles. The molecule has 3 aromatic rings. The minimum atomic E-state index is -3.84. The molecular formula is C15H11ClN4O2S. The first-order valence-electron chi connectivity index (χ1n) is 6.55. The van der Waals surface area contributed by atoms with Crippen LogP contribution in [0.1, 0.15) is 0 Å². The van der Waals surface area contributed by atoms with Crippen LogP contribution < -0.4 is 4.72 Å². The topological polar surface area (TPSA) is 84.8 Å². The van der Waals surface area contributed by atoms with Crippen molar-refractivity contribution in [1.29, 1.82) is 0 Å². The van der Waals surface area contributed by atoms with Gasteiger partial charge in [-0.2, -0.15) is 0 Å². The number of hydrogen-bond acceptors (Lipinski definition) is 5. The molecule has 1 aromatic carbocycles. The van der Waals surface area contributed by atoms with Crippen molar-refractivity contribution in [3.63, 3.8) is 0 Å². The van der Waals surface area contributed by atoms with E-state index in [1.54, 1.807) is 0 Å². The quantitative estimate of drug-likeness (QED) is 0.785. The first kappa shape index (κ1) is 15.4. The zero-order chi connectivity index (χ0) is 16.3. The number of nitrogens with one attached hydrogen (secondary N) is 1. The van der Waals surface area contributed by atoms with Gasteiger partial charge in [-0.15, -0.1) is 0 Å². The highest BCUT2D eigenvalue weighted by Gasteiger charge is 2.18. The van der Waals surface area contributed by atoms with Crippen LogP contribution in [0, 0.1) is 0 Å². The molecule has 0 saturated heterocycles. The van der Waals surface area contributed by atoms with E-state index in [9.17, 15) is 8.42 Å². The van der Waals surface area contributed by atoms with Crippen LogP contribution in [-0.2, 0) is 10.0 Å². The summed E-state index contributed by atoms with van der Waals surface area (Å²) in [6, 6.07) is 10.5. The van der Waals surface area contributed by atoms with Crippen molar-refractivity contribution in [1.82, 2.24) is 15.0 Å². The Balaban J connectivity index is 2.01. The van der Waals surface area contributed by atoms with Gasteiger partial charge in [-0.3, -0.25) is 9.71 Å². The molecule has 0 bridgehead atoms. The summed E-state index contributed by atoms with van der Waals surface area (Å²) in [4.78, 5) is 11.8. The molecule has 0 aliphatic rings. The maximum atomic E-state index is 12.5. The number of benzene rings is 1. The van der Waals surface area contributed by atoms with Crippen LogP contribution in [0.4, 0.5) is 5.69 Å². The molecule has 0 radical (unpaired) electrons. The van der Waals surface area contributed by atoms with Gasteiger partial charge in [0.05, 0.1) is 22.6 Å². The number of halogens is 1. The Morgan fingerprint density at radius 3 is 2.52 bits per heavy atom. The van der Waals surface area contributed by atoms with Crippen molar-refractivity contribution in [2.75, 3.05) is 4.72 Å². The number of rotatable bonds is 4. The summed E-state index contributed by atoms with van der Waals surface area (Å²) in [5.41, 5.74) is 1.54. The summed E-state index contributed by atoms with van der Waals surface area (Å²) in [7, 11) is -3.84. The minimum Gasteiger partial charge on any atom is -0.276 e. The van der Waals surface area contributed by atoms with E-state index in [4.69, 9.17) is 11.6 Å². The van der Waals surface area contributed by atoms with Crippen LogP contribution >= 0.6 is 11.6 Å². The largest absolute Gasteiger partial charge is 0.276 e. The van der Waals surface area contributed by atoms with E-state index in [-0.39, 0.29) is 15.6 Å². The highest BCUT2D eigenvalue weighted by molar-refractivity contribution is 7.92. The van der Waals surface area contributed by atoms with Gasteiger partial charge in [0.15, 0.2) is 0 Å². The lowest BCUT2D eigenvalue weighted by Crippen LogP contribution is -2.14. The first-order valence-corrected chi connectivity index (χ1v) is 8.41. The molecule has 0 fully saturated rings. The lowest BCUT2D eigenvalue weighted by Gasteiger charge is -2.11. The van der Waals surface area contributed by atoms with Gasteiger partial charge >= 0.3 is 0 Å². The highest BCUT2D eigenvalue weighted by atomic mass is 35.5. The molecule has 2 heterocycles. The van der Waals surface area contributed by atoms with Crippen molar-refractivity contribution in [2.24, 2.45) is 0 Å². The van der Waals surface area contributed by atoms with Crippen LogP contribution in [0.15, 0.2) is 66.2 Å². The van der Waals surface area contributed by atoms with Crippen molar-refractivity contribution in [3.05, 3.63) is 66.3 Å². The second-order valence-corrected chi connectivity index (χ2v) is 6.71. The minimum absolute atomic E-state index is 0.0344. The monoisotopic (exact) mass is 346 g/mol. The second kappa shape index (κ2) is 6.31. The Kier molecular flexibility index (Phi) is 4.22. The van der Waals surface area contributed by atoms with Crippen LogP contribution in [0.5, 0.6) is 0 Å². The summed E-state index contributed by atoms with van der Waals surface area (Å²) in [5.74, 6) is 0. The molecule has 8 heteroatoms. The molecule has 3 rings (SSSR count). The number of pyridine rings is 1. The maximum Gasteiger partial charge on any atom is 0.263 e. The summed E-state index contributed by atoms with van der Waals surface area (Å²) in [6.07, 6.45) is 5.35. The molecule has 23 heavy (non-hydrogen) atoms. The molecule has 0 spiro atoms. The van der Waals surface area contributed by atoms with Crippen LogP contribution in [0.3, 0.4) is 0 Å². The van der Waals surface area contributed by atoms with E-state index in [0.29, 0.717) is 5.69 Å². The maximum absolute atomic E-state index is 12.5. The highest BCUT2D eigenvalue weighted by Crippen LogP contribution is 2.26. The fourth-order valence-corrected chi connectivity index (χ4v) is 3.25. The summed E-state index contributed by atoms with van der Waals surface area (Å²) < 4.78 is 27.4. The summed E-state index contributed by atoms with van der Waals surface area (Å²) in [6.45, 7) is 0. The van der Waals surface area contributed by atoms with E-state index >= 15 is 0 Å². The first-order chi connectivity index (χ1) is 11.1. The fourth-order valence-electron chi connectivity index (χ4n) is 1.97. The average Bonchev–Trinajstić information content (AvgIpc) is 2.56. The predicted octanol–water partition coefficient (Wildman–Crippen LogP) is 2.99. The molecule has 0 aliphatic heterocycles. The molecule has 2 aromatic heterocycles. The van der Waals surface area contributed by atoms with Crippen molar-refractivity contribution in [3.8, 4) is 11.3 Å². The smallest absolute Gasteiger partial charge is 0.263 e. The van der Waals surface area contributed by atoms with Crippen LogP contribution in [-0.4, -0.2) is 23.4 Å². The van der Waals surface area contributed by atoms with Gasteiger partial charge in [0.2, 0.25) is 0 Å². The van der Waals surface area contributed by atoms with Crippen LogP contribution in [0.25, 0.3) is 11.3 Å². The van der Waals surface area contributed by atoms with E-state index < -0.39 is 10.0 Å². The number of nitrogens with zero attached hydrogens (tertiary/aromatic N) is 3. The van der Waals surface area contributed by atoms with E-state index in [0.717, 1.165) is 5.56 Å². The molecule has 0 aliphatic carbocycles. The lowest BCUT2D eigenvalue weighted by atomic mass is 10.1. The number of aromatic nitrogens is 3. The van der Waals surface area contributed by atoms with Gasteiger partial charge in [0, 0.05) is 18.0 Å². The molecule has 1 N–H and O–H groups in total. The average molecular weight is 347 g/mol.